The summed E-state index contributed by atoms with van der Waals surface area (Å²) < 4.78 is 13.0. The second kappa shape index (κ2) is 10.2. The van der Waals surface area contributed by atoms with Crippen LogP contribution < -0.4 is 4.74 Å². The third-order valence-electron chi connectivity index (χ3n) is 7.77. The van der Waals surface area contributed by atoms with E-state index in [-0.39, 0.29) is 6.10 Å². The van der Waals surface area contributed by atoms with E-state index < -0.39 is 11.6 Å². The third-order valence-corrected chi connectivity index (χ3v) is 7.77. The number of hydrogen-bond donors (Lipinski definition) is 1. The van der Waals surface area contributed by atoms with Crippen LogP contribution in [0.15, 0.2) is 91.0 Å². The van der Waals surface area contributed by atoms with Crippen LogP contribution in [0.1, 0.15) is 30.4 Å². The number of carbonyl (C=O) groups excluding carboxylic acids is 1. The minimum Gasteiger partial charge on any atom is -0.493 e. The van der Waals surface area contributed by atoms with Crippen molar-refractivity contribution < 1.29 is 23.9 Å². The molecule has 5 heteroatoms. The zero-order chi connectivity index (χ0) is 24.1. The standard InChI is InChI=1S/C30H34NO4/c32-29(30(33,25-11-4-1-5-12-25)26-13-6-2-7-14-26)35-28-23-31(20-17-24(28)18-21-31)19-10-22-34-27-15-8-3-9-16-27/h1-9,11-16,24,28,33H,10,17-23H2/q+1. The van der Waals surface area contributed by atoms with E-state index in [1.807, 2.05) is 66.7 Å². The van der Waals surface area contributed by atoms with Gasteiger partial charge in [0, 0.05) is 25.2 Å². The first-order valence-electron chi connectivity index (χ1n) is 12.7. The summed E-state index contributed by atoms with van der Waals surface area (Å²) in [5, 5.41) is 11.8. The molecule has 1 unspecified atom stereocenters. The zero-order valence-corrected chi connectivity index (χ0v) is 20.1. The average molecular weight is 473 g/mol. The molecule has 1 atom stereocenters. The molecule has 1 N–H and O–H groups in total. The molecule has 5 nitrogen and oxygen atoms in total. The predicted molar refractivity (Wildman–Crippen MR) is 135 cm³/mol. The van der Waals surface area contributed by atoms with Crippen molar-refractivity contribution >= 4 is 5.97 Å². The molecule has 0 spiro atoms. The van der Waals surface area contributed by atoms with Crippen molar-refractivity contribution in [3.8, 4) is 5.75 Å². The number of piperidine rings is 3. The highest BCUT2D eigenvalue weighted by Gasteiger charge is 2.50. The Morgan fingerprint density at radius 3 is 1.97 bits per heavy atom. The van der Waals surface area contributed by atoms with Gasteiger partial charge in [-0.25, -0.2) is 4.79 Å². The fraction of sp³-hybridized carbons (Fsp3) is 0.367. The second-order valence-corrected chi connectivity index (χ2v) is 9.93. The molecule has 3 heterocycles. The third kappa shape index (κ3) is 4.97. The Labute approximate surface area is 207 Å². The summed E-state index contributed by atoms with van der Waals surface area (Å²) in [5.74, 6) is 0.673. The van der Waals surface area contributed by atoms with E-state index >= 15 is 0 Å². The lowest BCUT2D eigenvalue weighted by molar-refractivity contribution is -0.946. The Kier molecular flexibility index (Phi) is 6.89. The summed E-state index contributed by atoms with van der Waals surface area (Å²) in [6.45, 7) is 4.73. The number of para-hydroxylation sites is 1. The van der Waals surface area contributed by atoms with Crippen molar-refractivity contribution in [2.24, 2.45) is 5.92 Å². The van der Waals surface area contributed by atoms with Gasteiger partial charge in [-0.2, -0.15) is 0 Å². The zero-order valence-electron chi connectivity index (χ0n) is 20.1. The van der Waals surface area contributed by atoms with E-state index in [0.29, 0.717) is 23.7 Å². The van der Waals surface area contributed by atoms with Gasteiger partial charge in [-0.3, -0.25) is 0 Å². The van der Waals surface area contributed by atoms with Crippen molar-refractivity contribution in [2.45, 2.75) is 31.0 Å². The molecule has 0 radical (unpaired) electrons. The van der Waals surface area contributed by atoms with Crippen LogP contribution in [-0.4, -0.2) is 54.4 Å². The molecule has 0 aromatic heterocycles. The number of esters is 1. The van der Waals surface area contributed by atoms with Gasteiger partial charge in [-0.15, -0.1) is 0 Å². The van der Waals surface area contributed by atoms with Crippen molar-refractivity contribution in [3.05, 3.63) is 102 Å². The highest BCUT2D eigenvalue weighted by molar-refractivity contribution is 5.85. The first kappa shape index (κ1) is 23.6. The van der Waals surface area contributed by atoms with E-state index in [2.05, 4.69) is 0 Å². The number of nitrogens with zero attached hydrogens (tertiary/aromatic N) is 1. The summed E-state index contributed by atoms with van der Waals surface area (Å²) >= 11 is 0. The summed E-state index contributed by atoms with van der Waals surface area (Å²) in [7, 11) is 0. The van der Waals surface area contributed by atoms with Crippen molar-refractivity contribution in [3.63, 3.8) is 0 Å². The van der Waals surface area contributed by atoms with Crippen molar-refractivity contribution in [2.75, 3.05) is 32.8 Å². The van der Waals surface area contributed by atoms with Crippen LogP contribution in [0, 0.1) is 5.92 Å². The van der Waals surface area contributed by atoms with Crippen LogP contribution in [0.5, 0.6) is 5.75 Å². The molecular weight excluding hydrogens is 438 g/mol. The van der Waals surface area contributed by atoms with E-state index in [9.17, 15) is 9.90 Å². The molecule has 3 aromatic carbocycles. The van der Waals surface area contributed by atoms with Crippen LogP contribution in [0.25, 0.3) is 0 Å². The molecule has 35 heavy (non-hydrogen) atoms. The van der Waals surface area contributed by atoms with Crippen molar-refractivity contribution in [1.29, 1.82) is 0 Å². The lowest BCUT2D eigenvalue weighted by Gasteiger charge is -2.52. The highest BCUT2D eigenvalue weighted by atomic mass is 16.6. The van der Waals surface area contributed by atoms with Gasteiger partial charge in [0.25, 0.3) is 0 Å². The van der Waals surface area contributed by atoms with E-state index in [0.717, 1.165) is 55.7 Å². The predicted octanol–water partition coefficient (Wildman–Crippen LogP) is 4.54. The summed E-state index contributed by atoms with van der Waals surface area (Å²) in [6.07, 6.45) is 2.87. The lowest BCUT2D eigenvalue weighted by Crippen LogP contribution is -2.65. The molecule has 0 saturated carbocycles. The summed E-state index contributed by atoms with van der Waals surface area (Å²) in [5.41, 5.74) is -0.776. The molecule has 0 amide bonds. The average Bonchev–Trinajstić information content (AvgIpc) is 2.93. The SMILES string of the molecule is O=C(OC1C[N+]2(CCCOc3ccccc3)CCC1CC2)C(O)(c1ccccc1)c1ccccc1. The Bertz CT molecular complexity index is 1060. The van der Waals surface area contributed by atoms with Gasteiger partial charge < -0.3 is 19.1 Å². The lowest BCUT2D eigenvalue weighted by atomic mass is 9.82. The Morgan fingerprint density at radius 2 is 1.40 bits per heavy atom. The number of ether oxygens (including phenoxy) is 2. The molecule has 3 fully saturated rings. The first-order valence-corrected chi connectivity index (χ1v) is 12.7. The van der Waals surface area contributed by atoms with Gasteiger partial charge in [0.2, 0.25) is 5.60 Å². The van der Waals surface area contributed by atoms with Crippen LogP contribution in [0.2, 0.25) is 0 Å². The maximum atomic E-state index is 13.6. The number of aliphatic hydroxyl groups is 1. The summed E-state index contributed by atoms with van der Waals surface area (Å²) in [6, 6.07) is 28.1. The molecule has 6 rings (SSSR count). The van der Waals surface area contributed by atoms with Crippen LogP contribution in [0.3, 0.4) is 0 Å². The van der Waals surface area contributed by atoms with Crippen LogP contribution in [-0.2, 0) is 15.1 Å². The van der Waals surface area contributed by atoms with Crippen molar-refractivity contribution in [1.82, 2.24) is 0 Å². The van der Waals surface area contributed by atoms with Crippen LogP contribution in [0.4, 0.5) is 0 Å². The first-order chi connectivity index (χ1) is 17.1. The number of carbonyl (C=O) groups is 1. The molecule has 182 valence electrons. The topological polar surface area (TPSA) is 55.8 Å². The number of hydrogen-bond acceptors (Lipinski definition) is 4. The number of rotatable bonds is 9. The number of quaternary nitrogens is 1. The van der Waals surface area contributed by atoms with Gasteiger partial charge in [-0.05, 0) is 23.3 Å². The fourth-order valence-electron chi connectivity index (χ4n) is 5.76. The normalized spacial score (nSPS) is 23.6. The Balaban J connectivity index is 1.27. The summed E-state index contributed by atoms with van der Waals surface area (Å²) in [4.78, 5) is 13.6. The minimum absolute atomic E-state index is 0.181. The molecule has 3 aliphatic rings. The molecule has 2 bridgehead atoms. The van der Waals surface area contributed by atoms with E-state index in [1.165, 1.54) is 0 Å². The monoisotopic (exact) mass is 472 g/mol. The second-order valence-electron chi connectivity index (χ2n) is 9.93. The number of fused-ring (bicyclic) bond motifs is 3. The van der Waals surface area contributed by atoms with E-state index in [4.69, 9.17) is 9.47 Å². The minimum atomic E-state index is -1.83. The van der Waals surface area contributed by atoms with E-state index in [1.54, 1.807) is 24.3 Å². The molecular formula is C30H34NO4+. The number of benzene rings is 3. The Hall–Kier alpha value is -3.15. The van der Waals surface area contributed by atoms with Gasteiger partial charge >= 0.3 is 5.97 Å². The molecule has 0 aliphatic carbocycles. The highest BCUT2D eigenvalue weighted by Crippen LogP contribution is 2.38. The van der Waals surface area contributed by atoms with Gasteiger partial charge in [0.05, 0.1) is 26.2 Å². The quantitative estimate of drug-likeness (QED) is 0.282. The molecule has 3 aromatic rings. The maximum absolute atomic E-state index is 13.6. The largest absolute Gasteiger partial charge is 0.493 e. The fourth-order valence-corrected chi connectivity index (χ4v) is 5.76. The van der Waals surface area contributed by atoms with Gasteiger partial charge in [0.1, 0.15) is 12.3 Å². The smallest absolute Gasteiger partial charge is 0.348 e. The molecule has 3 saturated heterocycles. The maximum Gasteiger partial charge on any atom is 0.348 e. The van der Waals surface area contributed by atoms with Crippen LogP contribution >= 0.6 is 0 Å². The molecule has 3 aliphatic heterocycles. The van der Waals surface area contributed by atoms with Gasteiger partial charge in [-0.1, -0.05) is 78.9 Å². The van der Waals surface area contributed by atoms with Gasteiger partial charge in [0.15, 0.2) is 6.10 Å². The Morgan fingerprint density at radius 1 is 0.857 bits per heavy atom.